The summed E-state index contributed by atoms with van der Waals surface area (Å²) in [7, 11) is 0. The van der Waals surface area contributed by atoms with Gasteiger partial charge in [0, 0.05) is 12.6 Å². The predicted molar refractivity (Wildman–Crippen MR) is 49.0 cm³/mol. The minimum absolute atomic E-state index is 0.0281. The van der Waals surface area contributed by atoms with Crippen molar-refractivity contribution in [3.8, 4) is 0 Å². The van der Waals surface area contributed by atoms with Crippen molar-refractivity contribution in [2.75, 3.05) is 6.54 Å². The van der Waals surface area contributed by atoms with Crippen LogP contribution < -0.4 is 0 Å². The Bertz CT molecular complexity index is 311. The van der Waals surface area contributed by atoms with E-state index in [1.54, 1.807) is 4.90 Å². The van der Waals surface area contributed by atoms with E-state index >= 15 is 0 Å². The molecule has 0 saturated carbocycles. The van der Waals surface area contributed by atoms with Crippen molar-refractivity contribution in [2.24, 2.45) is 0 Å². The van der Waals surface area contributed by atoms with E-state index in [9.17, 15) is 14.9 Å². The first-order valence-electron chi connectivity index (χ1n) is 4.84. The van der Waals surface area contributed by atoms with Gasteiger partial charge in [0.2, 0.25) is 5.91 Å². The van der Waals surface area contributed by atoms with Crippen molar-refractivity contribution in [1.29, 1.82) is 0 Å². The molecule has 2 heterocycles. The highest BCUT2D eigenvalue weighted by molar-refractivity contribution is 5.79. The van der Waals surface area contributed by atoms with Crippen LogP contribution in [0.3, 0.4) is 0 Å². The number of piperidine rings is 1. The Hall–Kier alpha value is -1.39. The molecule has 2 rings (SSSR count). The standard InChI is InChI=1S/C9H12N2O3/c12-9-5-4-8(11(13)14)7-3-1-2-6-10(7)9/h4,7H,1-3,5-6H2. The minimum Gasteiger partial charge on any atom is -0.329 e. The van der Waals surface area contributed by atoms with Gasteiger partial charge in [-0.1, -0.05) is 0 Å². The van der Waals surface area contributed by atoms with Gasteiger partial charge in [-0.3, -0.25) is 14.9 Å². The molecule has 5 nitrogen and oxygen atoms in total. The zero-order chi connectivity index (χ0) is 10.1. The van der Waals surface area contributed by atoms with Crippen molar-refractivity contribution in [2.45, 2.75) is 31.7 Å². The highest BCUT2D eigenvalue weighted by Crippen LogP contribution is 2.27. The summed E-state index contributed by atoms with van der Waals surface area (Å²) < 4.78 is 0. The molecule has 2 aliphatic heterocycles. The molecule has 2 aliphatic rings. The molecule has 0 bridgehead atoms. The Kier molecular flexibility index (Phi) is 2.23. The minimum atomic E-state index is -0.352. The average Bonchev–Trinajstić information content (AvgIpc) is 2.18. The fourth-order valence-corrected chi connectivity index (χ4v) is 2.18. The molecule has 1 amide bonds. The molecule has 0 aliphatic carbocycles. The van der Waals surface area contributed by atoms with Gasteiger partial charge in [0.25, 0.3) is 5.70 Å². The van der Waals surface area contributed by atoms with Crippen LogP contribution in [0.2, 0.25) is 0 Å². The molecule has 0 aromatic carbocycles. The van der Waals surface area contributed by atoms with Crippen LogP contribution in [-0.2, 0) is 4.79 Å². The molecule has 0 aromatic heterocycles. The molecular weight excluding hydrogens is 184 g/mol. The molecule has 0 radical (unpaired) electrons. The van der Waals surface area contributed by atoms with Crippen LogP contribution in [0.15, 0.2) is 11.8 Å². The number of carbonyl (C=O) groups is 1. The summed E-state index contributed by atoms with van der Waals surface area (Å²) in [5.74, 6) is 0.0281. The molecule has 1 saturated heterocycles. The third kappa shape index (κ3) is 1.38. The lowest BCUT2D eigenvalue weighted by atomic mass is 9.95. The highest BCUT2D eigenvalue weighted by atomic mass is 16.6. The van der Waals surface area contributed by atoms with Crippen LogP contribution >= 0.6 is 0 Å². The maximum absolute atomic E-state index is 11.5. The Morgan fingerprint density at radius 3 is 3.00 bits per heavy atom. The van der Waals surface area contributed by atoms with Crippen LogP contribution in [0.1, 0.15) is 25.7 Å². The van der Waals surface area contributed by atoms with Crippen LogP contribution in [0.5, 0.6) is 0 Å². The first-order chi connectivity index (χ1) is 6.70. The molecule has 0 aromatic rings. The van der Waals surface area contributed by atoms with Gasteiger partial charge in [0.1, 0.15) is 6.04 Å². The number of amides is 1. The lowest BCUT2D eigenvalue weighted by Gasteiger charge is -2.35. The number of nitrogens with zero attached hydrogens (tertiary/aromatic N) is 2. The van der Waals surface area contributed by atoms with E-state index in [-0.39, 0.29) is 29.0 Å². The summed E-state index contributed by atoms with van der Waals surface area (Å²) in [6.07, 6.45) is 4.33. The summed E-state index contributed by atoms with van der Waals surface area (Å²) in [6.45, 7) is 0.675. The number of rotatable bonds is 1. The normalized spacial score (nSPS) is 26.9. The van der Waals surface area contributed by atoms with E-state index in [4.69, 9.17) is 0 Å². The van der Waals surface area contributed by atoms with Gasteiger partial charge in [-0.15, -0.1) is 0 Å². The first kappa shape index (κ1) is 9.18. The summed E-state index contributed by atoms with van der Waals surface area (Å²) >= 11 is 0. The predicted octanol–water partition coefficient (Wildman–Crippen LogP) is 0.932. The maximum Gasteiger partial charge on any atom is 0.265 e. The lowest BCUT2D eigenvalue weighted by Crippen LogP contribution is -2.48. The molecular formula is C9H12N2O3. The third-order valence-electron chi connectivity index (χ3n) is 2.86. The molecule has 1 unspecified atom stereocenters. The maximum atomic E-state index is 11.5. The van der Waals surface area contributed by atoms with Gasteiger partial charge in [0.05, 0.1) is 11.3 Å². The van der Waals surface area contributed by atoms with Crippen LogP contribution in [-0.4, -0.2) is 28.3 Å². The molecule has 1 atom stereocenters. The topological polar surface area (TPSA) is 63.4 Å². The SMILES string of the molecule is O=C1CC=C([N+](=O)[O-])C2CCCCN12. The molecule has 14 heavy (non-hydrogen) atoms. The second kappa shape index (κ2) is 3.40. The van der Waals surface area contributed by atoms with E-state index in [0.29, 0.717) is 6.54 Å². The number of fused-ring (bicyclic) bond motifs is 1. The Morgan fingerprint density at radius 1 is 1.50 bits per heavy atom. The Balaban J connectivity index is 2.27. The largest absolute Gasteiger partial charge is 0.329 e. The fourth-order valence-electron chi connectivity index (χ4n) is 2.18. The van der Waals surface area contributed by atoms with Gasteiger partial charge < -0.3 is 4.90 Å². The Labute approximate surface area is 81.5 Å². The van der Waals surface area contributed by atoms with Crippen molar-refractivity contribution in [1.82, 2.24) is 4.90 Å². The number of nitro groups is 1. The monoisotopic (exact) mass is 196 g/mol. The van der Waals surface area contributed by atoms with E-state index < -0.39 is 0 Å². The zero-order valence-electron chi connectivity index (χ0n) is 7.81. The first-order valence-corrected chi connectivity index (χ1v) is 4.84. The lowest BCUT2D eigenvalue weighted by molar-refractivity contribution is -0.434. The molecule has 76 valence electrons. The van der Waals surface area contributed by atoms with Crippen molar-refractivity contribution in [3.05, 3.63) is 21.9 Å². The molecule has 5 heteroatoms. The molecule has 1 fully saturated rings. The van der Waals surface area contributed by atoms with Gasteiger partial charge in [0.15, 0.2) is 0 Å². The van der Waals surface area contributed by atoms with Gasteiger partial charge >= 0.3 is 0 Å². The smallest absolute Gasteiger partial charge is 0.265 e. The van der Waals surface area contributed by atoms with Crippen molar-refractivity contribution in [3.63, 3.8) is 0 Å². The zero-order valence-corrected chi connectivity index (χ0v) is 7.81. The van der Waals surface area contributed by atoms with E-state index in [2.05, 4.69) is 0 Å². The average molecular weight is 196 g/mol. The quantitative estimate of drug-likeness (QED) is 0.463. The van der Waals surface area contributed by atoms with E-state index in [1.165, 1.54) is 6.08 Å². The van der Waals surface area contributed by atoms with E-state index in [1.807, 2.05) is 0 Å². The molecule has 0 spiro atoms. The number of carbonyl (C=O) groups excluding carboxylic acids is 1. The Morgan fingerprint density at radius 2 is 2.29 bits per heavy atom. The van der Waals surface area contributed by atoms with Crippen LogP contribution in [0.4, 0.5) is 0 Å². The highest BCUT2D eigenvalue weighted by Gasteiger charge is 2.38. The van der Waals surface area contributed by atoms with Gasteiger partial charge in [-0.25, -0.2) is 0 Å². The number of hydrogen-bond donors (Lipinski definition) is 0. The second-order valence-electron chi connectivity index (χ2n) is 3.69. The third-order valence-corrected chi connectivity index (χ3v) is 2.86. The fraction of sp³-hybridized carbons (Fsp3) is 0.667. The summed E-state index contributed by atoms with van der Waals surface area (Å²) in [5.41, 5.74) is 0.212. The van der Waals surface area contributed by atoms with Crippen LogP contribution in [0.25, 0.3) is 0 Å². The summed E-state index contributed by atoms with van der Waals surface area (Å²) in [6, 6.07) is -0.264. The van der Waals surface area contributed by atoms with Gasteiger partial charge in [-0.05, 0) is 19.3 Å². The van der Waals surface area contributed by atoms with Crippen molar-refractivity contribution >= 4 is 5.91 Å². The summed E-state index contributed by atoms with van der Waals surface area (Å²) in [5, 5.41) is 10.7. The van der Waals surface area contributed by atoms with Crippen LogP contribution in [0, 0.1) is 10.1 Å². The molecule has 0 N–H and O–H groups in total. The second-order valence-corrected chi connectivity index (χ2v) is 3.69. The van der Waals surface area contributed by atoms with E-state index in [0.717, 1.165) is 19.3 Å². The summed E-state index contributed by atoms with van der Waals surface area (Å²) in [4.78, 5) is 23.5. The van der Waals surface area contributed by atoms with Crippen molar-refractivity contribution < 1.29 is 9.72 Å². The number of hydrogen-bond acceptors (Lipinski definition) is 3. The van der Waals surface area contributed by atoms with Gasteiger partial charge in [-0.2, -0.15) is 0 Å².